The maximum atomic E-state index is 6.44. The minimum Gasteiger partial charge on any atom is -0.376 e. The van der Waals surface area contributed by atoms with Crippen LogP contribution in [0.1, 0.15) is 35.2 Å². The second-order valence-electron chi connectivity index (χ2n) is 5.86. The molecule has 0 amide bonds. The number of aryl methyl sites for hydroxylation is 3. The topological polar surface area (TPSA) is 38.5 Å². The number of benzene rings is 1. The van der Waals surface area contributed by atoms with Crippen LogP contribution in [-0.4, -0.2) is 37.2 Å². The van der Waals surface area contributed by atoms with Crippen LogP contribution in [0.2, 0.25) is 0 Å². The molecule has 1 aromatic carbocycles. The van der Waals surface area contributed by atoms with E-state index in [2.05, 4.69) is 44.7 Å². The Morgan fingerprint density at radius 3 is 2.53 bits per heavy atom. The Kier molecular flexibility index (Phi) is 4.61. The summed E-state index contributed by atoms with van der Waals surface area (Å²) < 4.78 is 5.58. The Morgan fingerprint density at radius 2 is 1.95 bits per heavy atom. The van der Waals surface area contributed by atoms with Crippen molar-refractivity contribution in [1.82, 2.24) is 4.90 Å². The Bertz CT molecular complexity index is 421. The van der Waals surface area contributed by atoms with E-state index >= 15 is 0 Å². The number of nitrogens with zero attached hydrogens (tertiary/aromatic N) is 1. The average molecular weight is 262 g/mol. The van der Waals surface area contributed by atoms with Gasteiger partial charge in [0.1, 0.15) is 0 Å². The third-order valence-electron chi connectivity index (χ3n) is 3.89. The van der Waals surface area contributed by atoms with Crippen molar-refractivity contribution in [3.63, 3.8) is 0 Å². The molecule has 1 fully saturated rings. The van der Waals surface area contributed by atoms with Gasteiger partial charge in [0.25, 0.3) is 0 Å². The standard InChI is InChI=1S/C16H26N2O/c1-11-7-12(2)16(13(3)8-11)15(17)10-18-5-6-19-14(4)9-18/h7-8,14-15H,5-6,9-10,17H2,1-4H3. The fourth-order valence-corrected chi connectivity index (χ4v) is 3.20. The SMILES string of the molecule is Cc1cc(C)c(C(N)CN2CCOC(C)C2)c(C)c1. The minimum atomic E-state index is 0.0888. The van der Waals surface area contributed by atoms with Crippen molar-refractivity contribution in [2.24, 2.45) is 5.73 Å². The molecule has 1 aliphatic heterocycles. The molecule has 106 valence electrons. The molecule has 0 spiro atoms. The van der Waals surface area contributed by atoms with E-state index < -0.39 is 0 Å². The Hall–Kier alpha value is -0.900. The molecule has 2 N–H and O–H groups in total. The van der Waals surface area contributed by atoms with Crippen molar-refractivity contribution in [3.8, 4) is 0 Å². The maximum absolute atomic E-state index is 6.44. The quantitative estimate of drug-likeness (QED) is 0.908. The predicted octanol–water partition coefficient (Wildman–Crippen LogP) is 2.33. The van der Waals surface area contributed by atoms with Gasteiger partial charge in [-0.15, -0.1) is 0 Å². The van der Waals surface area contributed by atoms with Gasteiger partial charge in [0, 0.05) is 25.7 Å². The van der Waals surface area contributed by atoms with Gasteiger partial charge in [0.05, 0.1) is 12.7 Å². The zero-order valence-electron chi connectivity index (χ0n) is 12.6. The molecule has 0 saturated carbocycles. The maximum Gasteiger partial charge on any atom is 0.0674 e. The predicted molar refractivity (Wildman–Crippen MR) is 79.4 cm³/mol. The fraction of sp³-hybridized carbons (Fsp3) is 0.625. The van der Waals surface area contributed by atoms with E-state index in [0.717, 1.165) is 26.2 Å². The van der Waals surface area contributed by atoms with Crippen molar-refractivity contribution in [2.45, 2.75) is 39.8 Å². The number of nitrogens with two attached hydrogens (primary N) is 1. The minimum absolute atomic E-state index is 0.0888. The zero-order valence-corrected chi connectivity index (χ0v) is 12.6. The molecule has 0 bridgehead atoms. The van der Waals surface area contributed by atoms with Gasteiger partial charge in [-0.3, -0.25) is 4.90 Å². The first-order chi connectivity index (χ1) is 8.97. The monoisotopic (exact) mass is 262 g/mol. The number of ether oxygens (including phenoxy) is 1. The van der Waals surface area contributed by atoms with Crippen LogP contribution in [0, 0.1) is 20.8 Å². The summed E-state index contributed by atoms with van der Waals surface area (Å²) in [5, 5.41) is 0. The molecule has 3 nitrogen and oxygen atoms in total. The lowest BCUT2D eigenvalue weighted by atomic mass is 9.94. The molecule has 2 atom stereocenters. The zero-order chi connectivity index (χ0) is 14.0. The van der Waals surface area contributed by atoms with Gasteiger partial charge >= 0.3 is 0 Å². The summed E-state index contributed by atoms with van der Waals surface area (Å²) in [4.78, 5) is 2.41. The highest BCUT2D eigenvalue weighted by Gasteiger charge is 2.21. The van der Waals surface area contributed by atoms with Gasteiger partial charge in [-0.1, -0.05) is 17.7 Å². The first-order valence-corrected chi connectivity index (χ1v) is 7.14. The molecule has 1 saturated heterocycles. The summed E-state index contributed by atoms with van der Waals surface area (Å²) in [7, 11) is 0. The summed E-state index contributed by atoms with van der Waals surface area (Å²) in [6.07, 6.45) is 0.321. The number of rotatable bonds is 3. The van der Waals surface area contributed by atoms with Crippen LogP contribution >= 0.6 is 0 Å². The largest absolute Gasteiger partial charge is 0.376 e. The van der Waals surface area contributed by atoms with Crippen molar-refractivity contribution < 1.29 is 4.74 Å². The Morgan fingerprint density at radius 1 is 1.32 bits per heavy atom. The Labute approximate surface area is 116 Å². The van der Waals surface area contributed by atoms with Crippen LogP contribution in [0.3, 0.4) is 0 Å². The number of morpholine rings is 1. The van der Waals surface area contributed by atoms with Crippen LogP contribution in [0.15, 0.2) is 12.1 Å². The first-order valence-electron chi connectivity index (χ1n) is 7.14. The van der Waals surface area contributed by atoms with E-state index in [4.69, 9.17) is 10.5 Å². The van der Waals surface area contributed by atoms with Gasteiger partial charge in [0.2, 0.25) is 0 Å². The lowest BCUT2D eigenvalue weighted by molar-refractivity contribution is -0.0199. The highest BCUT2D eigenvalue weighted by atomic mass is 16.5. The van der Waals surface area contributed by atoms with Crippen molar-refractivity contribution in [2.75, 3.05) is 26.2 Å². The molecule has 0 aliphatic carbocycles. The smallest absolute Gasteiger partial charge is 0.0674 e. The summed E-state index contributed by atoms with van der Waals surface area (Å²) >= 11 is 0. The number of hydrogen-bond donors (Lipinski definition) is 1. The molecule has 0 aromatic heterocycles. The second kappa shape index (κ2) is 6.04. The first kappa shape index (κ1) is 14.5. The molecule has 1 aliphatic rings. The van der Waals surface area contributed by atoms with Crippen LogP contribution in [0.4, 0.5) is 0 Å². The summed E-state index contributed by atoms with van der Waals surface area (Å²) in [6, 6.07) is 4.54. The summed E-state index contributed by atoms with van der Waals surface area (Å²) in [5.74, 6) is 0. The Balaban J connectivity index is 2.09. The van der Waals surface area contributed by atoms with Crippen LogP contribution in [-0.2, 0) is 4.74 Å². The normalized spacial score (nSPS) is 22.5. The molecular weight excluding hydrogens is 236 g/mol. The number of hydrogen-bond acceptors (Lipinski definition) is 3. The highest BCUT2D eigenvalue weighted by molar-refractivity contribution is 5.39. The lowest BCUT2D eigenvalue weighted by Crippen LogP contribution is -2.44. The van der Waals surface area contributed by atoms with Gasteiger partial charge in [-0.2, -0.15) is 0 Å². The van der Waals surface area contributed by atoms with E-state index in [9.17, 15) is 0 Å². The van der Waals surface area contributed by atoms with E-state index in [1.807, 2.05) is 0 Å². The summed E-state index contributed by atoms with van der Waals surface area (Å²) in [6.45, 7) is 12.3. The van der Waals surface area contributed by atoms with Gasteiger partial charge in [-0.05, 0) is 44.4 Å². The van der Waals surface area contributed by atoms with Crippen LogP contribution in [0.5, 0.6) is 0 Å². The molecule has 3 heteroatoms. The van der Waals surface area contributed by atoms with Crippen molar-refractivity contribution >= 4 is 0 Å². The van der Waals surface area contributed by atoms with Crippen LogP contribution < -0.4 is 5.73 Å². The van der Waals surface area contributed by atoms with E-state index in [0.29, 0.717) is 6.10 Å². The molecular formula is C16H26N2O. The van der Waals surface area contributed by atoms with E-state index in [1.54, 1.807) is 0 Å². The fourth-order valence-electron chi connectivity index (χ4n) is 3.20. The summed E-state index contributed by atoms with van der Waals surface area (Å²) in [5.41, 5.74) is 11.7. The molecule has 19 heavy (non-hydrogen) atoms. The molecule has 2 unspecified atom stereocenters. The van der Waals surface area contributed by atoms with Gasteiger partial charge in [-0.25, -0.2) is 0 Å². The van der Waals surface area contributed by atoms with Crippen molar-refractivity contribution in [1.29, 1.82) is 0 Å². The van der Waals surface area contributed by atoms with Crippen LogP contribution in [0.25, 0.3) is 0 Å². The molecule has 0 radical (unpaired) electrons. The van der Waals surface area contributed by atoms with E-state index in [-0.39, 0.29) is 6.04 Å². The molecule has 1 heterocycles. The highest BCUT2D eigenvalue weighted by Crippen LogP contribution is 2.23. The second-order valence-corrected chi connectivity index (χ2v) is 5.86. The van der Waals surface area contributed by atoms with Gasteiger partial charge in [0.15, 0.2) is 0 Å². The van der Waals surface area contributed by atoms with E-state index in [1.165, 1.54) is 22.3 Å². The third-order valence-corrected chi connectivity index (χ3v) is 3.89. The average Bonchev–Trinajstić information content (AvgIpc) is 2.27. The molecule has 2 rings (SSSR count). The van der Waals surface area contributed by atoms with Gasteiger partial charge < -0.3 is 10.5 Å². The molecule has 1 aromatic rings. The third kappa shape index (κ3) is 3.56. The lowest BCUT2D eigenvalue weighted by Gasteiger charge is -2.33. The van der Waals surface area contributed by atoms with Crippen molar-refractivity contribution in [3.05, 3.63) is 34.4 Å².